The summed E-state index contributed by atoms with van der Waals surface area (Å²) in [5.74, 6) is 0. The van der Waals surface area contributed by atoms with E-state index in [1.165, 1.54) is 0 Å². The molecule has 0 aliphatic heterocycles. The second kappa shape index (κ2) is 7.43. The fourth-order valence-electron chi connectivity index (χ4n) is 0.480. The van der Waals surface area contributed by atoms with Gasteiger partial charge in [0.1, 0.15) is 0 Å². The Bertz CT molecular complexity index is 63.3. The number of unbranched alkanes of at least 4 members (excludes halogenated alkanes) is 1. The number of hydrogen-bond donors (Lipinski definition) is 0. The third-order valence-corrected chi connectivity index (χ3v) is 0.929. The molecule has 9 heavy (non-hydrogen) atoms. The minimum Gasteiger partial charge on any atom is -0.468 e. The zero-order chi connectivity index (χ0) is 6.95. The third kappa shape index (κ3) is 7.43. The average molecular weight is 132 g/mol. The number of ether oxygens (including phenoxy) is 2. The van der Waals surface area contributed by atoms with Crippen LogP contribution >= 0.6 is 0 Å². The molecule has 0 aromatic heterocycles. The van der Waals surface area contributed by atoms with Crippen molar-refractivity contribution >= 4 is 6.47 Å². The molecule has 3 nitrogen and oxygen atoms in total. The first-order chi connectivity index (χ1) is 4.41. The van der Waals surface area contributed by atoms with E-state index >= 15 is 0 Å². The quantitative estimate of drug-likeness (QED) is 0.392. The highest BCUT2D eigenvalue weighted by molar-refractivity contribution is 5.36. The Balaban J connectivity index is 2.66. The maximum absolute atomic E-state index is 9.58. The summed E-state index contributed by atoms with van der Waals surface area (Å²) < 4.78 is 9.22. The molecule has 0 aromatic carbocycles. The van der Waals surface area contributed by atoms with Crippen molar-refractivity contribution in [1.29, 1.82) is 0 Å². The molecule has 0 saturated carbocycles. The number of carbonyl (C=O) groups is 1. The lowest BCUT2D eigenvalue weighted by atomic mass is 10.3. The van der Waals surface area contributed by atoms with Crippen molar-refractivity contribution in [1.82, 2.24) is 0 Å². The molecule has 0 aliphatic rings. The second-order valence-corrected chi connectivity index (χ2v) is 1.67. The van der Waals surface area contributed by atoms with Crippen molar-refractivity contribution in [3.63, 3.8) is 0 Å². The zero-order valence-corrected chi connectivity index (χ0v) is 5.63. The van der Waals surface area contributed by atoms with E-state index in [9.17, 15) is 4.79 Å². The molecule has 0 rings (SSSR count). The minimum absolute atomic E-state index is 0.465. The van der Waals surface area contributed by atoms with E-state index in [0.29, 0.717) is 13.1 Å². The van der Waals surface area contributed by atoms with E-state index in [2.05, 4.69) is 4.74 Å². The summed E-state index contributed by atoms with van der Waals surface area (Å²) in [5, 5.41) is 0. The van der Waals surface area contributed by atoms with Crippen molar-refractivity contribution in [2.45, 2.75) is 12.8 Å². The molecular weight excluding hydrogens is 120 g/mol. The fourth-order valence-corrected chi connectivity index (χ4v) is 0.480. The molecule has 0 aliphatic carbocycles. The molecule has 0 amide bonds. The number of rotatable bonds is 6. The first-order valence-corrected chi connectivity index (χ1v) is 2.96. The molecule has 0 heterocycles. The van der Waals surface area contributed by atoms with Gasteiger partial charge >= 0.3 is 0 Å². The van der Waals surface area contributed by atoms with Crippen LogP contribution in [0.15, 0.2) is 0 Å². The molecule has 0 saturated heterocycles. The van der Waals surface area contributed by atoms with Gasteiger partial charge in [0.2, 0.25) is 0 Å². The van der Waals surface area contributed by atoms with Crippen LogP contribution in [0.1, 0.15) is 12.8 Å². The molecule has 0 N–H and O–H groups in total. The van der Waals surface area contributed by atoms with Gasteiger partial charge in [-0.2, -0.15) is 0 Å². The van der Waals surface area contributed by atoms with Crippen LogP contribution in [0.5, 0.6) is 0 Å². The Kier molecular flexibility index (Phi) is 6.96. The summed E-state index contributed by atoms with van der Waals surface area (Å²) in [6, 6.07) is 0. The Labute approximate surface area is 55.0 Å². The SMILES string of the molecule is COCCCCOC=O. The molecule has 0 unspecified atom stereocenters. The highest BCUT2D eigenvalue weighted by atomic mass is 16.5. The van der Waals surface area contributed by atoms with Gasteiger partial charge in [0.05, 0.1) is 6.61 Å². The van der Waals surface area contributed by atoms with E-state index in [1.807, 2.05) is 0 Å². The minimum atomic E-state index is 0.465. The molecule has 0 atom stereocenters. The monoisotopic (exact) mass is 132 g/mol. The lowest BCUT2D eigenvalue weighted by Gasteiger charge is -1.96. The third-order valence-electron chi connectivity index (χ3n) is 0.929. The smallest absolute Gasteiger partial charge is 0.293 e. The maximum Gasteiger partial charge on any atom is 0.293 e. The number of methoxy groups -OCH3 is 1. The second-order valence-electron chi connectivity index (χ2n) is 1.67. The van der Waals surface area contributed by atoms with Gasteiger partial charge in [-0.1, -0.05) is 0 Å². The molecule has 0 spiro atoms. The van der Waals surface area contributed by atoms with Crippen LogP contribution in [-0.2, 0) is 14.3 Å². The van der Waals surface area contributed by atoms with Crippen molar-refractivity contribution < 1.29 is 14.3 Å². The summed E-state index contributed by atoms with van der Waals surface area (Å²) >= 11 is 0. The first kappa shape index (κ1) is 8.43. The van der Waals surface area contributed by atoms with Crippen LogP contribution in [0.2, 0.25) is 0 Å². The summed E-state index contributed by atoms with van der Waals surface area (Å²) in [6.07, 6.45) is 1.83. The van der Waals surface area contributed by atoms with E-state index in [4.69, 9.17) is 4.74 Å². The van der Waals surface area contributed by atoms with E-state index in [0.717, 1.165) is 19.4 Å². The van der Waals surface area contributed by atoms with Gasteiger partial charge in [-0.15, -0.1) is 0 Å². The van der Waals surface area contributed by atoms with Crippen LogP contribution in [-0.4, -0.2) is 26.8 Å². The van der Waals surface area contributed by atoms with Crippen molar-refractivity contribution in [2.24, 2.45) is 0 Å². The van der Waals surface area contributed by atoms with Gasteiger partial charge in [-0.3, -0.25) is 4.79 Å². The molecule has 54 valence electrons. The van der Waals surface area contributed by atoms with Crippen LogP contribution in [0.4, 0.5) is 0 Å². The van der Waals surface area contributed by atoms with Gasteiger partial charge in [-0.25, -0.2) is 0 Å². The largest absolute Gasteiger partial charge is 0.468 e. The highest BCUT2D eigenvalue weighted by Gasteiger charge is 1.85. The Morgan fingerprint density at radius 1 is 1.33 bits per heavy atom. The average Bonchev–Trinajstić information content (AvgIpc) is 1.89. The van der Waals surface area contributed by atoms with Gasteiger partial charge in [0.15, 0.2) is 0 Å². The summed E-state index contributed by atoms with van der Waals surface area (Å²) in [7, 11) is 1.65. The van der Waals surface area contributed by atoms with Crippen LogP contribution in [0.3, 0.4) is 0 Å². The molecule has 3 heteroatoms. The number of hydrogen-bond acceptors (Lipinski definition) is 3. The van der Waals surface area contributed by atoms with E-state index in [-0.39, 0.29) is 0 Å². The van der Waals surface area contributed by atoms with Crippen molar-refractivity contribution in [3.8, 4) is 0 Å². The Morgan fingerprint density at radius 3 is 2.56 bits per heavy atom. The van der Waals surface area contributed by atoms with Gasteiger partial charge < -0.3 is 9.47 Å². The predicted octanol–water partition coefficient (Wildman–Crippen LogP) is 0.586. The molecule has 0 aromatic rings. The lowest BCUT2D eigenvalue weighted by molar-refractivity contribution is -0.128. The normalized spacial score (nSPS) is 9.00. The van der Waals surface area contributed by atoms with E-state index < -0.39 is 0 Å². The van der Waals surface area contributed by atoms with Crippen molar-refractivity contribution in [3.05, 3.63) is 0 Å². The van der Waals surface area contributed by atoms with Crippen LogP contribution < -0.4 is 0 Å². The lowest BCUT2D eigenvalue weighted by Crippen LogP contribution is -1.94. The maximum atomic E-state index is 9.58. The Morgan fingerprint density at radius 2 is 2.00 bits per heavy atom. The fraction of sp³-hybridized carbons (Fsp3) is 0.833. The molecular formula is C6H12O3. The molecule has 0 radical (unpaired) electrons. The van der Waals surface area contributed by atoms with E-state index in [1.54, 1.807) is 7.11 Å². The van der Waals surface area contributed by atoms with Crippen LogP contribution in [0, 0.1) is 0 Å². The topological polar surface area (TPSA) is 35.5 Å². The zero-order valence-electron chi connectivity index (χ0n) is 5.63. The van der Waals surface area contributed by atoms with Gasteiger partial charge in [0, 0.05) is 13.7 Å². The summed E-state index contributed by atoms with van der Waals surface area (Å²) in [6.45, 7) is 1.71. The Hall–Kier alpha value is -0.570. The number of carbonyl (C=O) groups excluding carboxylic acids is 1. The molecule has 0 bridgehead atoms. The van der Waals surface area contributed by atoms with Gasteiger partial charge in [0.25, 0.3) is 6.47 Å². The predicted molar refractivity (Wildman–Crippen MR) is 33.1 cm³/mol. The van der Waals surface area contributed by atoms with Crippen molar-refractivity contribution in [2.75, 3.05) is 20.3 Å². The first-order valence-electron chi connectivity index (χ1n) is 2.96. The summed E-state index contributed by atoms with van der Waals surface area (Å²) in [4.78, 5) is 9.58. The standard InChI is InChI=1S/C6H12O3/c1-8-4-2-3-5-9-6-7/h6H,2-5H2,1H3. The van der Waals surface area contributed by atoms with Gasteiger partial charge in [-0.05, 0) is 12.8 Å². The van der Waals surface area contributed by atoms with Crippen LogP contribution in [0.25, 0.3) is 0 Å². The highest BCUT2D eigenvalue weighted by Crippen LogP contribution is 1.87. The molecule has 0 fully saturated rings. The summed E-state index contributed by atoms with van der Waals surface area (Å²) in [5.41, 5.74) is 0.